The number of carbonyl (C=O) groups is 1. The van der Waals surface area contributed by atoms with Gasteiger partial charge in [0, 0.05) is 37.4 Å². The molecule has 0 aromatic carbocycles. The highest BCUT2D eigenvalue weighted by molar-refractivity contribution is 7.99. The van der Waals surface area contributed by atoms with Gasteiger partial charge in [0.2, 0.25) is 5.91 Å². The molecule has 0 spiro atoms. The van der Waals surface area contributed by atoms with Crippen molar-refractivity contribution in [1.82, 2.24) is 4.90 Å². The fourth-order valence-electron chi connectivity index (χ4n) is 3.03. The fourth-order valence-corrected chi connectivity index (χ4v) is 4.25. The van der Waals surface area contributed by atoms with Crippen molar-refractivity contribution in [3.05, 3.63) is 0 Å². The van der Waals surface area contributed by atoms with Crippen molar-refractivity contribution < 1.29 is 9.53 Å². The summed E-state index contributed by atoms with van der Waals surface area (Å²) in [7, 11) is 1.70. The summed E-state index contributed by atoms with van der Waals surface area (Å²) >= 11 is 1.95. The second-order valence-corrected chi connectivity index (χ2v) is 6.80. The summed E-state index contributed by atoms with van der Waals surface area (Å²) in [5.41, 5.74) is 5.93. The topological polar surface area (TPSA) is 55.6 Å². The van der Waals surface area contributed by atoms with Crippen molar-refractivity contribution in [1.29, 1.82) is 0 Å². The molecule has 2 aliphatic rings. The average molecular weight is 286 g/mol. The first-order valence-corrected chi connectivity index (χ1v) is 8.50. The van der Waals surface area contributed by atoms with E-state index in [4.69, 9.17) is 10.5 Å². The molecule has 110 valence electrons. The lowest BCUT2D eigenvalue weighted by Crippen LogP contribution is -2.46. The smallest absolute Gasteiger partial charge is 0.226 e. The summed E-state index contributed by atoms with van der Waals surface area (Å²) in [5.74, 6) is 2.80. The Balaban J connectivity index is 1.93. The Morgan fingerprint density at radius 2 is 2.05 bits per heavy atom. The number of amides is 1. The maximum Gasteiger partial charge on any atom is 0.226 e. The first-order valence-electron chi connectivity index (χ1n) is 7.35. The Labute approximate surface area is 120 Å². The van der Waals surface area contributed by atoms with Crippen molar-refractivity contribution in [3.8, 4) is 0 Å². The predicted molar refractivity (Wildman–Crippen MR) is 79.3 cm³/mol. The van der Waals surface area contributed by atoms with Crippen LogP contribution in [0.1, 0.15) is 32.1 Å². The molecule has 0 aromatic rings. The first-order chi connectivity index (χ1) is 9.22. The second-order valence-electron chi connectivity index (χ2n) is 5.65. The van der Waals surface area contributed by atoms with Crippen LogP contribution in [-0.4, -0.2) is 54.7 Å². The number of methoxy groups -OCH3 is 1. The number of thioether (sulfide) groups is 1. The molecule has 0 aromatic heterocycles. The zero-order valence-corrected chi connectivity index (χ0v) is 12.7. The Hall–Kier alpha value is -0.260. The highest BCUT2D eigenvalue weighted by Gasteiger charge is 2.33. The van der Waals surface area contributed by atoms with E-state index < -0.39 is 0 Å². The van der Waals surface area contributed by atoms with E-state index >= 15 is 0 Å². The molecule has 19 heavy (non-hydrogen) atoms. The molecule has 4 nitrogen and oxygen atoms in total. The number of hydrogen-bond donors (Lipinski definition) is 1. The van der Waals surface area contributed by atoms with Crippen LogP contribution >= 0.6 is 11.8 Å². The summed E-state index contributed by atoms with van der Waals surface area (Å²) in [4.78, 5) is 14.8. The van der Waals surface area contributed by atoms with Gasteiger partial charge in [-0.15, -0.1) is 0 Å². The molecule has 1 saturated carbocycles. The predicted octanol–water partition coefficient (Wildman–Crippen LogP) is 1.48. The van der Waals surface area contributed by atoms with Gasteiger partial charge in [-0.25, -0.2) is 0 Å². The van der Waals surface area contributed by atoms with Crippen molar-refractivity contribution in [3.63, 3.8) is 0 Å². The Kier molecular flexibility index (Phi) is 5.98. The van der Waals surface area contributed by atoms with Gasteiger partial charge < -0.3 is 15.4 Å². The number of nitrogens with zero attached hydrogens (tertiary/aromatic N) is 1. The number of nitrogens with two attached hydrogens (primary N) is 1. The molecule has 0 radical (unpaired) electrons. The van der Waals surface area contributed by atoms with Gasteiger partial charge in [0.25, 0.3) is 0 Å². The standard InChI is InChI=1S/C14H26N2O2S/c1-18-8-7-16(13-6-9-19-10-13)14(17)11-2-4-12(15)5-3-11/h11-13H,2-10,15H2,1H3. The lowest BCUT2D eigenvalue weighted by atomic mass is 9.85. The third-order valence-corrected chi connectivity index (χ3v) is 5.43. The summed E-state index contributed by atoms with van der Waals surface area (Å²) in [6.07, 6.45) is 5.04. The summed E-state index contributed by atoms with van der Waals surface area (Å²) < 4.78 is 5.17. The van der Waals surface area contributed by atoms with Gasteiger partial charge in [0.1, 0.15) is 0 Å². The fraction of sp³-hybridized carbons (Fsp3) is 0.929. The molecule has 2 fully saturated rings. The maximum absolute atomic E-state index is 12.7. The van der Waals surface area contributed by atoms with Crippen molar-refractivity contribution in [2.24, 2.45) is 11.7 Å². The number of hydrogen-bond acceptors (Lipinski definition) is 4. The van der Waals surface area contributed by atoms with Crippen LogP contribution in [0.2, 0.25) is 0 Å². The van der Waals surface area contributed by atoms with Crippen LogP contribution in [0.15, 0.2) is 0 Å². The molecule has 5 heteroatoms. The SMILES string of the molecule is COCCN(C(=O)C1CCC(N)CC1)C1CCSC1. The van der Waals surface area contributed by atoms with Crippen LogP contribution in [0.5, 0.6) is 0 Å². The lowest BCUT2D eigenvalue weighted by Gasteiger charge is -2.34. The third kappa shape index (κ3) is 4.10. The van der Waals surface area contributed by atoms with Gasteiger partial charge >= 0.3 is 0 Å². The first kappa shape index (κ1) is 15.1. The van der Waals surface area contributed by atoms with E-state index in [-0.39, 0.29) is 5.92 Å². The summed E-state index contributed by atoms with van der Waals surface area (Å²) in [6, 6.07) is 0.724. The summed E-state index contributed by atoms with van der Waals surface area (Å²) in [6.45, 7) is 1.38. The van der Waals surface area contributed by atoms with Crippen LogP contribution in [0, 0.1) is 5.92 Å². The van der Waals surface area contributed by atoms with Gasteiger partial charge in [-0.2, -0.15) is 11.8 Å². The van der Waals surface area contributed by atoms with Gasteiger partial charge in [0.05, 0.1) is 6.61 Å². The van der Waals surface area contributed by atoms with E-state index in [9.17, 15) is 4.79 Å². The van der Waals surface area contributed by atoms with E-state index in [0.717, 1.165) is 44.4 Å². The molecule has 2 rings (SSSR count). The Morgan fingerprint density at radius 1 is 1.32 bits per heavy atom. The van der Waals surface area contributed by atoms with E-state index in [2.05, 4.69) is 4.90 Å². The molecule has 1 unspecified atom stereocenters. The zero-order valence-electron chi connectivity index (χ0n) is 11.8. The highest BCUT2D eigenvalue weighted by Crippen LogP contribution is 2.29. The molecule has 1 aliphatic carbocycles. The van der Waals surface area contributed by atoms with Gasteiger partial charge in [0.15, 0.2) is 0 Å². The van der Waals surface area contributed by atoms with Crippen molar-refractivity contribution >= 4 is 17.7 Å². The molecule has 2 N–H and O–H groups in total. The quantitative estimate of drug-likeness (QED) is 0.832. The second kappa shape index (κ2) is 7.50. The van der Waals surface area contributed by atoms with E-state index in [1.165, 1.54) is 5.75 Å². The molecule has 1 aliphatic heterocycles. The van der Waals surface area contributed by atoms with Crippen molar-refractivity contribution in [2.75, 3.05) is 31.8 Å². The zero-order chi connectivity index (χ0) is 13.7. The Bertz CT molecular complexity index is 287. The molecular formula is C14H26N2O2S. The minimum Gasteiger partial charge on any atom is -0.383 e. The highest BCUT2D eigenvalue weighted by atomic mass is 32.2. The molecule has 1 heterocycles. The normalized spacial score (nSPS) is 31.4. The number of ether oxygens (including phenoxy) is 1. The molecule has 1 atom stereocenters. The average Bonchev–Trinajstić information content (AvgIpc) is 2.94. The van der Waals surface area contributed by atoms with E-state index in [0.29, 0.717) is 24.6 Å². The van der Waals surface area contributed by atoms with E-state index in [1.807, 2.05) is 11.8 Å². The van der Waals surface area contributed by atoms with Crippen molar-refractivity contribution in [2.45, 2.75) is 44.2 Å². The number of carbonyl (C=O) groups excluding carboxylic acids is 1. The summed E-state index contributed by atoms with van der Waals surface area (Å²) in [5, 5.41) is 0. The van der Waals surface area contributed by atoms with Gasteiger partial charge in [-0.1, -0.05) is 0 Å². The molecule has 1 saturated heterocycles. The minimum atomic E-state index is 0.197. The van der Waals surface area contributed by atoms with Gasteiger partial charge in [-0.3, -0.25) is 4.79 Å². The molecule has 0 bridgehead atoms. The maximum atomic E-state index is 12.7. The van der Waals surface area contributed by atoms with Crippen LogP contribution < -0.4 is 5.73 Å². The number of rotatable bonds is 5. The van der Waals surface area contributed by atoms with Crippen LogP contribution in [0.3, 0.4) is 0 Å². The monoisotopic (exact) mass is 286 g/mol. The van der Waals surface area contributed by atoms with Crippen LogP contribution in [-0.2, 0) is 9.53 Å². The lowest BCUT2D eigenvalue weighted by molar-refractivity contribution is -0.139. The Morgan fingerprint density at radius 3 is 2.63 bits per heavy atom. The van der Waals surface area contributed by atoms with Gasteiger partial charge in [-0.05, 0) is 37.9 Å². The van der Waals surface area contributed by atoms with Crippen LogP contribution in [0.25, 0.3) is 0 Å². The van der Waals surface area contributed by atoms with E-state index in [1.54, 1.807) is 7.11 Å². The largest absolute Gasteiger partial charge is 0.383 e. The minimum absolute atomic E-state index is 0.197. The molecular weight excluding hydrogens is 260 g/mol. The third-order valence-electron chi connectivity index (χ3n) is 4.29. The van der Waals surface area contributed by atoms with Crippen LogP contribution in [0.4, 0.5) is 0 Å². The molecule has 1 amide bonds.